The molecule has 3 N–H and O–H groups in total. The second-order valence-electron chi connectivity index (χ2n) is 11.4. The van der Waals surface area contributed by atoms with Crippen molar-refractivity contribution in [2.45, 2.75) is 62.1 Å². The Morgan fingerprint density at radius 2 is 1.55 bits per heavy atom. The second-order valence-corrected chi connectivity index (χ2v) is 13.1. The summed E-state index contributed by atoms with van der Waals surface area (Å²) in [7, 11) is -1.74. The second kappa shape index (κ2) is 11.2. The van der Waals surface area contributed by atoms with Gasteiger partial charge in [0.05, 0.1) is 16.5 Å². The highest BCUT2D eigenvalue weighted by atomic mass is 32.2. The summed E-state index contributed by atoms with van der Waals surface area (Å²) in [6.07, 6.45) is 2.29. The molecule has 1 aromatic heterocycles. The first-order chi connectivity index (χ1) is 19.0. The van der Waals surface area contributed by atoms with Crippen LogP contribution in [-0.2, 0) is 21.9 Å². The molecule has 40 heavy (non-hydrogen) atoms. The molecule has 8 heteroatoms. The van der Waals surface area contributed by atoms with Crippen molar-refractivity contribution in [3.63, 3.8) is 0 Å². The van der Waals surface area contributed by atoms with Crippen molar-refractivity contribution in [2.75, 3.05) is 0 Å². The molecule has 7 nitrogen and oxygen atoms in total. The number of rotatable bonds is 8. The Kier molecular flexibility index (Phi) is 7.86. The van der Waals surface area contributed by atoms with E-state index < -0.39 is 21.7 Å². The van der Waals surface area contributed by atoms with E-state index in [-0.39, 0.29) is 22.8 Å². The summed E-state index contributed by atoms with van der Waals surface area (Å²) >= 11 is 0. The van der Waals surface area contributed by atoms with Gasteiger partial charge in [-0.25, -0.2) is 13.1 Å². The number of nitrogens with zero attached hydrogens (tertiary/aromatic N) is 1. The summed E-state index contributed by atoms with van der Waals surface area (Å²) in [6, 6.07) is 25.9. The minimum Gasteiger partial charge on any atom is -0.388 e. The van der Waals surface area contributed by atoms with E-state index in [0.29, 0.717) is 25.7 Å². The van der Waals surface area contributed by atoms with E-state index in [1.165, 1.54) is 0 Å². The maximum absolute atomic E-state index is 13.3. The third-order valence-corrected chi connectivity index (χ3v) is 9.46. The number of hydrogen-bond donors (Lipinski definition) is 3. The van der Waals surface area contributed by atoms with Crippen LogP contribution >= 0.6 is 0 Å². The van der Waals surface area contributed by atoms with Gasteiger partial charge in [0.15, 0.2) is 0 Å². The van der Waals surface area contributed by atoms with Gasteiger partial charge in [0, 0.05) is 35.6 Å². The number of carbonyl (C=O) groups excluding carboxylic acids is 1. The third-order valence-electron chi connectivity index (χ3n) is 7.94. The van der Waals surface area contributed by atoms with Crippen LogP contribution in [0.1, 0.15) is 51.1 Å². The summed E-state index contributed by atoms with van der Waals surface area (Å²) < 4.78 is 31.6. The molecule has 0 radical (unpaired) electrons. The van der Waals surface area contributed by atoms with Crippen LogP contribution in [0.25, 0.3) is 22.2 Å². The van der Waals surface area contributed by atoms with Gasteiger partial charge in [-0.3, -0.25) is 4.79 Å². The number of aryl methyl sites for hydroxylation is 1. The number of aromatic nitrogens is 1. The quantitative estimate of drug-likeness (QED) is 0.272. The van der Waals surface area contributed by atoms with Gasteiger partial charge in [0.25, 0.3) is 0 Å². The summed E-state index contributed by atoms with van der Waals surface area (Å²) in [5.41, 5.74) is 2.77. The molecule has 210 valence electrons. The van der Waals surface area contributed by atoms with Crippen LogP contribution in [-0.4, -0.2) is 35.6 Å². The lowest BCUT2D eigenvalue weighted by Gasteiger charge is -2.34. The van der Waals surface area contributed by atoms with Crippen molar-refractivity contribution in [1.29, 1.82) is 0 Å². The molecule has 4 aromatic rings. The van der Waals surface area contributed by atoms with Crippen molar-refractivity contribution >= 4 is 26.8 Å². The average molecular weight is 560 g/mol. The number of amides is 1. The lowest BCUT2D eigenvalue weighted by molar-refractivity contribution is -0.128. The van der Waals surface area contributed by atoms with Gasteiger partial charge in [-0.2, -0.15) is 0 Å². The largest absolute Gasteiger partial charge is 0.388 e. The molecule has 1 saturated carbocycles. The van der Waals surface area contributed by atoms with Crippen molar-refractivity contribution < 1.29 is 18.3 Å². The molecule has 0 unspecified atom stereocenters. The van der Waals surface area contributed by atoms with Gasteiger partial charge in [0.2, 0.25) is 15.9 Å². The maximum atomic E-state index is 13.3. The maximum Gasteiger partial charge on any atom is 0.240 e. The molecule has 0 bridgehead atoms. The number of aliphatic hydroxyl groups is 1. The van der Waals surface area contributed by atoms with Gasteiger partial charge in [-0.15, -0.1) is 0 Å². The Labute approximate surface area is 236 Å². The number of benzene rings is 3. The number of fused-ring (bicyclic) bond motifs is 1. The van der Waals surface area contributed by atoms with E-state index in [1.54, 1.807) is 26.0 Å². The average Bonchev–Trinajstić information content (AvgIpc) is 3.28. The van der Waals surface area contributed by atoms with Gasteiger partial charge in [-0.05, 0) is 74.9 Å². The Balaban J connectivity index is 1.23. The fourth-order valence-electron chi connectivity index (χ4n) is 5.71. The lowest BCUT2D eigenvalue weighted by Crippen LogP contribution is -2.46. The molecule has 1 heterocycles. The molecule has 0 aliphatic heterocycles. The molecule has 0 spiro atoms. The van der Waals surface area contributed by atoms with Crippen LogP contribution in [0.4, 0.5) is 0 Å². The van der Waals surface area contributed by atoms with E-state index in [4.69, 9.17) is 0 Å². The number of sulfonamides is 1. The predicted molar refractivity (Wildman–Crippen MR) is 158 cm³/mol. The molecule has 5 rings (SSSR count). The van der Waals surface area contributed by atoms with Crippen molar-refractivity contribution in [3.8, 4) is 11.3 Å². The van der Waals surface area contributed by atoms with Gasteiger partial charge < -0.3 is 15.0 Å². The van der Waals surface area contributed by atoms with Crippen LogP contribution in [0.3, 0.4) is 0 Å². The Bertz CT molecular complexity index is 1580. The molecule has 1 atom stereocenters. The van der Waals surface area contributed by atoms with Crippen molar-refractivity contribution in [2.24, 2.45) is 13.0 Å². The van der Waals surface area contributed by atoms with E-state index in [0.717, 1.165) is 27.7 Å². The SMILES string of the molecule is Cn1c(-c2ccccc2)cc2cc(S(=O)(=O)N[C@H]3CC[C@H](C(=O)N[C@@H](c4ccccc4)C(C)(C)O)CC3)ccc21. The smallest absolute Gasteiger partial charge is 0.240 e. The van der Waals surface area contributed by atoms with Crippen LogP contribution in [0.2, 0.25) is 0 Å². The zero-order valence-corrected chi connectivity index (χ0v) is 24.0. The van der Waals surface area contributed by atoms with Crippen molar-refractivity contribution in [1.82, 2.24) is 14.6 Å². The molecule has 3 aromatic carbocycles. The number of hydrogen-bond acceptors (Lipinski definition) is 4. The van der Waals surface area contributed by atoms with E-state index in [9.17, 15) is 18.3 Å². The van der Waals surface area contributed by atoms with Gasteiger partial charge >= 0.3 is 0 Å². The molecular formula is C32H37N3O4S. The third kappa shape index (κ3) is 5.99. The summed E-state index contributed by atoms with van der Waals surface area (Å²) in [5, 5.41) is 14.6. The molecule has 0 saturated heterocycles. The van der Waals surface area contributed by atoms with Crippen LogP contribution in [0, 0.1) is 5.92 Å². The minimum atomic E-state index is -3.72. The predicted octanol–water partition coefficient (Wildman–Crippen LogP) is 5.31. The monoisotopic (exact) mass is 559 g/mol. The summed E-state index contributed by atoms with van der Waals surface area (Å²) in [4.78, 5) is 13.4. The first kappa shape index (κ1) is 28.1. The summed E-state index contributed by atoms with van der Waals surface area (Å²) in [6.45, 7) is 3.37. The highest BCUT2D eigenvalue weighted by molar-refractivity contribution is 7.89. The van der Waals surface area contributed by atoms with Crippen LogP contribution < -0.4 is 10.0 Å². The highest BCUT2D eigenvalue weighted by Crippen LogP contribution is 2.31. The van der Waals surface area contributed by atoms with Crippen LogP contribution in [0.15, 0.2) is 89.8 Å². The zero-order chi connectivity index (χ0) is 28.5. The first-order valence-corrected chi connectivity index (χ1v) is 15.3. The first-order valence-electron chi connectivity index (χ1n) is 13.8. The molecule has 1 amide bonds. The van der Waals surface area contributed by atoms with Crippen molar-refractivity contribution in [3.05, 3.63) is 90.5 Å². The Hall–Kier alpha value is -3.46. The van der Waals surface area contributed by atoms with Crippen LogP contribution in [0.5, 0.6) is 0 Å². The normalized spacial score (nSPS) is 18.9. The summed E-state index contributed by atoms with van der Waals surface area (Å²) in [5.74, 6) is -0.340. The minimum absolute atomic E-state index is 0.110. The van der Waals surface area contributed by atoms with E-state index in [2.05, 4.69) is 14.6 Å². The standard InChI is InChI=1S/C32H37N3O4S/c1-32(2,37)30(23-12-8-5-9-13-23)33-31(36)24-14-16-26(17-15-24)34-40(38,39)27-18-19-28-25(20-27)21-29(35(28)3)22-10-6-4-7-11-22/h4-13,18-21,24,26,30,34,37H,14-17H2,1-3H3,(H,33,36)/t24-,26-,30-/m0/s1. The molecule has 1 aliphatic carbocycles. The molecule has 1 aliphatic rings. The molecular weight excluding hydrogens is 522 g/mol. The van der Waals surface area contributed by atoms with E-state index >= 15 is 0 Å². The van der Waals surface area contributed by atoms with Gasteiger partial charge in [-0.1, -0.05) is 60.7 Å². The highest BCUT2D eigenvalue weighted by Gasteiger charge is 2.34. The Morgan fingerprint density at radius 1 is 0.925 bits per heavy atom. The Morgan fingerprint density at radius 3 is 2.17 bits per heavy atom. The fraction of sp³-hybridized carbons (Fsp3) is 0.344. The fourth-order valence-corrected chi connectivity index (χ4v) is 7.05. The molecule has 1 fully saturated rings. The van der Waals surface area contributed by atoms with Gasteiger partial charge in [0.1, 0.15) is 0 Å². The van der Waals surface area contributed by atoms with E-state index in [1.807, 2.05) is 79.8 Å². The number of carbonyl (C=O) groups is 1. The zero-order valence-electron chi connectivity index (χ0n) is 23.2. The number of nitrogens with one attached hydrogen (secondary N) is 2. The topological polar surface area (TPSA) is 100 Å². The lowest BCUT2D eigenvalue weighted by atomic mass is 9.84.